The molecule has 2 saturated heterocycles. The van der Waals surface area contributed by atoms with Crippen molar-refractivity contribution in [1.82, 2.24) is 0 Å². The van der Waals surface area contributed by atoms with Gasteiger partial charge in [-0.05, 0) is 43.6 Å². The van der Waals surface area contributed by atoms with Crippen LogP contribution >= 0.6 is 0 Å². The summed E-state index contributed by atoms with van der Waals surface area (Å²) >= 11 is 0. The number of aryl methyl sites for hydroxylation is 1. The van der Waals surface area contributed by atoms with Gasteiger partial charge in [0, 0.05) is 25.4 Å². The molecule has 0 aromatic heterocycles. The van der Waals surface area contributed by atoms with Crippen LogP contribution in [0.1, 0.15) is 44.1 Å². The number of benzene rings is 1. The van der Waals surface area contributed by atoms with Crippen LogP contribution in [0.5, 0.6) is 0 Å². The molecule has 1 aromatic carbocycles. The Hall–Kier alpha value is -1.24. The number of aliphatic hydroxyl groups excluding tert-OH is 2. The molecule has 0 amide bonds. The standard InChI is InChI=1S/C23H32O5/c24-20-15-21-19(14-22(25)28-21)18(20)12-11-17(27-23-8-4-5-13-26-23)10-9-16-6-2-1-3-7-16/h1-3,6-7,11-12,17-25H,4-5,8-10,13-15H2/b12-11+/t17-,18+,19+,20+,21-,22?,23?/m0/s1. The third-order valence-corrected chi connectivity index (χ3v) is 6.27. The maximum atomic E-state index is 10.4. The van der Waals surface area contributed by atoms with E-state index in [-0.39, 0.29) is 30.3 Å². The number of hydrogen-bond acceptors (Lipinski definition) is 5. The van der Waals surface area contributed by atoms with Crippen LogP contribution in [-0.2, 0) is 20.6 Å². The predicted octanol–water partition coefficient (Wildman–Crippen LogP) is 3.19. The predicted molar refractivity (Wildman–Crippen MR) is 105 cm³/mol. The van der Waals surface area contributed by atoms with Crippen LogP contribution in [0.25, 0.3) is 0 Å². The molecule has 2 aliphatic heterocycles. The van der Waals surface area contributed by atoms with Crippen molar-refractivity contribution in [1.29, 1.82) is 0 Å². The van der Waals surface area contributed by atoms with Gasteiger partial charge in [0.25, 0.3) is 0 Å². The number of rotatable bonds is 7. The van der Waals surface area contributed by atoms with Gasteiger partial charge in [0.05, 0.1) is 18.3 Å². The highest BCUT2D eigenvalue weighted by atomic mass is 16.7. The van der Waals surface area contributed by atoms with Gasteiger partial charge in [0.1, 0.15) is 0 Å². The average Bonchev–Trinajstić information content (AvgIpc) is 3.20. The van der Waals surface area contributed by atoms with Gasteiger partial charge in [0.15, 0.2) is 12.6 Å². The first kappa shape index (κ1) is 20.0. The minimum absolute atomic E-state index is 0.0113. The van der Waals surface area contributed by atoms with E-state index in [1.807, 2.05) is 6.07 Å². The summed E-state index contributed by atoms with van der Waals surface area (Å²) in [6.45, 7) is 0.764. The minimum Gasteiger partial charge on any atom is -0.392 e. The van der Waals surface area contributed by atoms with Gasteiger partial charge in [0.2, 0.25) is 0 Å². The molecular weight excluding hydrogens is 356 g/mol. The van der Waals surface area contributed by atoms with Crippen molar-refractivity contribution in [3.63, 3.8) is 0 Å². The maximum absolute atomic E-state index is 10.4. The Labute approximate surface area is 167 Å². The van der Waals surface area contributed by atoms with Gasteiger partial charge in [-0.3, -0.25) is 0 Å². The second-order valence-electron chi connectivity index (χ2n) is 8.29. The molecular formula is C23H32O5. The van der Waals surface area contributed by atoms with Crippen molar-refractivity contribution in [2.75, 3.05) is 6.61 Å². The van der Waals surface area contributed by atoms with Crippen molar-refractivity contribution < 1.29 is 24.4 Å². The van der Waals surface area contributed by atoms with Crippen molar-refractivity contribution in [2.24, 2.45) is 11.8 Å². The van der Waals surface area contributed by atoms with E-state index in [2.05, 4.69) is 36.4 Å². The normalized spacial score (nSPS) is 36.6. The Balaban J connectivity index is 1.40. The number of ether oxygens (including phenoxy) is 3. The summed E-state index contributed by atoms with van der Waals surface area (Å²) in [4.78, 5) is 0. The van der Waals surface area contributed by atoms with Gasteiger partial charge in [-0.1, -0.05) is 42.5 Å². The first-order valence-corrected chi connectivity index (χ1v) is 10.7. The molecule has 4 rings (SSSR count). The van der Waals surface area contributed by atoms with Crippen LogP contribution in [0, 0.1) is 11.8 Å². The monoisotopic (exact) mass is 388 g/mol. The minimum atomic E-state index is -0.695. The fourth-order valence-electron chi connectivity index (χ4n) is 4.76. The number of hydrogen-bond donors (Lipinski definition) is 2. The molecule has 7 atom stereocenters. The third-order valence-electron chi connectivity index (χ3n) is 6.27. The lowest BCUT2D eigenvalue weighted by atomic mass is 9.91. The Kier molecular flexibility index (Phi) is 6.81. The van der Waals surface area contributed by atoms with Gasteiger partial charge in [-0.25, -0.2) is 0 Å². The van der Waals surface area contributed by atoms with Crippen molar-refractivity contribution in [3.8, 4) is 0 Å². The molecule has 5 nitrogen and oxygen atoms in total. The maximum Gasteiger partial charge on any atom is 0.158 e. The molecule has 1 aliphatic carbocycles. The van der Waals surface area contributed by atoms with Crippen molar-refractivity contribution >= 4 is 0 Å². The molecule has 5 heteroatoms. The second-order valence-corrected chi connectivity index (χ2v) is 8.29. The van der Waals surface area contributed by atoms with E-state index in [1.54, 1.807) is 0 Å². The van der Waals surface area contributed by atoms with Crippen LogP contribution in [0.2, 0.25) is 0 Å². The summed E-state index contributed by atoms with van der Waals surface area (Å²) in [6.07, 6.45) is 9.02. The van der Waals surface area contributed by atoms with Crippen LogP contribution in [0.4, 0.5) is 0 Å². The lowest BCUT2D eigenvalue weighted by Gasteiger charge is -2.27. The fraction of sp³-hybridized carbons (Fsp3) is 0.652. The van der Waals surface area contributed by atoms with Crippen LogP contribution in [0.15, 0.2) is 42.5 Å². The van der Waals surface area contributed by atoms with Crippen LogP contribution in [0.3, 0.4) is 0 Å². The van der Waals surface area contributed by atoms with Crippen LogP contribution < -0.4 is 0 Å². The zero-order valence-corrected chi connectivity index (χ0v) is 16.4. The molecule has 0 bridgehead atoms. The van der Waals surface area contributed by atoms with Gasteiger partial charge in [-0.2, -0.15) is 0 Å². The third kappa shape index (κ3) is 5.02. The van der Waals surface area contributed by atoms with Crippen molar-refractivity contribution in [2.45, 2.75) is 75.8 Å². The van der Waals surface area contributed by atoms with E-state index in [0.29, 0.717) is 12.8 Å². The summed E-state index contributed by atoms with van der Waals surface area (Å²) in [5.41, 5.74) is 1.29. The highest BCUT2D eigenvalue weighted by Gasteiger charge is 2.47. The molecule has 154 valence electrons. The van der Waals surface area contributed by atoms with Gasteiger partial charge < -0.3 is 24.4 Å². The summed E-state index contributed by atoms with van der Waals surface area (Å²) in [6, 6.07) is 10.4. The van der Waals surface area contributed by atoms with E-state index in [9.17, 15) is 10.2 Å². The highest BCUT2D eigenvalue weighted by Crippen LogP contribution is 2.43. The zero-order valence-electron chi connectivity index (χ0n) is 16.4. The molecule has 2 N–H and O–H groups in total. The summed E-state index contributed by atoms with van der Waals surface area (Å²) < 4.78 is 17.6. The average molecular weight is 389 g/mol. The molecule has 3 fully saturated rings. The molecule has 0 spiro atoms. The quantitative estimate of drug-likeness (QED) is 0.702. The number of fused-ring (bicyclic) bond motifs is 1. The Morgan fingerprint density at radius 1 is 1.14 bits per heavy atom. The number of aliphatic hydroxyl groups is 2. The summed E-state index contributed by atoms with van der Waals surface area (Å²) in [5.74, 6) is 0.194. The first-order valence-electron chi connectivity index (χ1n) is 10.7. The SMILES string of the molecule is OC1C[C@@H]2[C@@H](/C=C/[C@H](CCc3ccccc3)OC3CCCCO3)[C@H](O)C[C@@H]2O1. The lowest BCUT2D eigenvalue weighted by molar-refractivity contribution is -0.179. The molecule has 1 aromatic rings. The Morgan fingerprint density at radius 3 is 2.79 bits per heavy atom. The highest BCUT2D eigenvalue weighted by molar-refractivity contribution is 5.15. The second kappa shape index (κ2) is 9.51. The molecule has 3 aliphatic rings. The molecule has 0 radical (unpaired) electrons. The first-order chi connectivity index (χ1) is 13.7. The smallest absolute Gasteiger partial charge is 0.158 e. The topological polar surface area (TPSA) is 68.2 Å². The Morgan fingerprint density at radius 2 is 2.00 bits per heavy atom. The van der Waals surface area contributed by atoms with E-state index < -0.39 is 12.4 Å². The van der Waals surface area contributed by atoms with E-state index in [4.69, 9.17) is 14.2 Å². The van der Waals surface area contributed by atoms with Gasteiger partial charge in [-0.15, -0.1) is 0 Å². The molecule has 28 heavy (non-hydrogen) atoms. The molecule has 1 saturated carbocycles. The largest absolute Gasteiger partial charge is 0.392 e. The van der Waals surface area contributed by atoms with Gasteiger partial charge >= 0.3 is 0 Å². The fourth-order valence-corrected chi connectivity index (χ4v) is 4.76. The van der Waals surface area contributed by atoms with Crippen molar-refractivity contribution in [3.05, 3.63) is 48.0 Å². The summed E-state index contributed by atoms with van der Waals surface area (Å²) in [7, 11) is 0. The lowest BCUT2D eigenvalue weighted by Crippen LogP contribution is -2.28. The van der Waals surface area contributed by atoms with E-state index in [1.165, 1.54) is 5.56 Å². The molecule has 2 heterocycles. The van der Waals surface area contributed by atoms with E-state index in [0.717, 1.165) is 38.7 Å². The Bertz CT molecular complexity index is 627. The summed E-state index contributed by atoms with van der Waals surface area (Å²) in [5, 5.41) is 20.2. The van der Waals surface area contributed by atoms with Crippen LogP contribution in [-0.4, -0.2) is 47.7 Å². The van der Waals surface area contributed by atoms with E-state index >= 15 is 0 Å². The zero-order chi connectivity index (χ0) is 19.3. The molecule has 2 unspecified atom stereocenters.